The number of sulfonamides is 1. The fraction of sp³-hybridized carbons (Fsp3) is 0.938. The van der Waals surface area contributed by atoms with Crippen molar-refractivity contribution in [3.8, 4) is 0 Å². The number of rotatable bonds is 6. The maximum atomic E-state index is 12.6. The minimum Gasteiger partial charge on any atom is -0.357 e. The van der Waals surface area contributed by atoms with Crippen molar-refractivity contribution in [1.82, 2.24) is 14.9 Å². The third-order valence-corrected chi connectivity index (χ3v) is 7.29. The quantitative estimate of drug-likeness (QED) is 0.532. The summed E-state index contributed by atoms with van der Waals surface area (Å²) in [6, 6.07) is -0.0800. The minimum atomic E-state index is -5.23. The SMILES string of the molecule is CCNC(=NCC1(C2CC2)CC1)NC1CCN(S(=O)(=O)C(F)(F)F)CC1. The fourth-order valence-corrected chi connectivity index (χ4v) is 4.67. The Morgan fingerprint density at radius 2 is 1.81 bits per heavy atom. The number of piperidine rings is 1. The molecule has 6 nitrogen and oxygen atoms in total. The summed E-state index contributed by atoms with van der Waals surface area (Å²) in [6.07, 6.45) is 5.71. The van der Waals surface area contributed by atoms with E-state index in [0.717, 1.165) is 12.5 Å². The summed E-state index contributed by atoms with van der Waals surface area (Å²) in [5, 5.41) is 6.45. The van der Waals surface area contributed by atoms with Gasteiger partial charge >= 0.3 is 15.5 Å². The summed E-state index contributed by atoms with van der Waals surface area (Å²) in [4.78, 5) is 4.69. The van der Waals surface area contributed by atoms with Gasteiger partial charge in [-0.3, -0.25) is 4.99 Å². The third-order valence-electron chi connectivity index (χ3n) is 5.66. The molecule has 150 valence electrons. The first-order chi connectivity index (χ1) is 12.2. The largest absolute Gasteiger partial charge is 0.511 e. The van der Waals surface area contributed by atoms with Gasteiger partial charge in [0, 0.05) is 32.2 Å². The van der Waals surface area contributed by atoms with Gasteiger partial charge in [-0.1, -0.05) is 0 Å². The number of hydrogen-bond acceptors (Lipinski definition) is 3. The van der Waals surface area contributed by atoms with E-state index in [9.17, 15) is 21.6 Å². The van der Waals surface area contributed by atoms with E-state index in [1.807, 2.05) is 6.92 Å². The summed E-state index contributed by atoms with van der Waals surface area (Å²) in [6.45, 7) is 3.18. The van der Waals surface area contributed by atoms with Crippen molar-refractivity contribution in [3.63, 3.8) is 0 Å². The van der Waals surface area contributed by atoms with Crippen molar-refractivity contribution in [2.45, 2.75) is 57.0 Å². The van der Waals surface area contributed by atoms with Crippen molar-refractivity contribution in [2.75, 3.05) is 26.2 Å². The molecule has 0 spiro atoms. The van der Waals surface area contributed by atoms with Crippen molar-refractivity contribution in [3.05, 3.63) is 0 Å². The smallest absolute Gasteiger partial charge is 0.357 e. The van der Waals surface area contributed by atoms with E-state index in [-0.39, 0.29) is 19.1 Å². The van der Waals surface area contributed by atoms with Gasteiger partial charge in [-0.25, -0.2) is 8.42 Å². The lowest BCUT2D eigenvalue weighted by molar-refractivity contribution is -0.0494. The molecule has 3 fully saturated rings. The highest BCUT2D eigenvalue weighted by Crippen LogP contribution is 2.61. The maximum Gasteiger partial charge on any atom is 0.511 e. The normalized spacial score (nSPS) is 25.2. The van der Waals surface area contributed by atoms with Crippen LogP contribution >= 0.6 is 0 Å². The Morgan fingerprint density at radius 1 is 1.19 bits per heavy atom. The number of halogens is 3. The monoisotopic (exact) mass is 396 g/mol. The summed E-state index contributed by atoms with van der Waals surface area (Å²) < 4.78 is 61.4. The molecule has 3 aliphatic rings. The zero-order valence-electron chi connectivity index (χ0n) is 15.0. The molecule has 26 heavy (non-hydrogen) atoms. The summed E-state index contributed by atoms with van der Waals surface area (Å²) in [5.41, 5.74) is -4.85. The number of nitrogens with zero attached hydrogens (tertiary/aromatic N) is 2. The van der Waals surface area contributed by atoms with Crippen LogP contribution in [0.5, 0.6) is 0 Å². The van der Waals surface area contributed by atoms with E-state index in [4.69, 9.17) is 4.99 Å². The second kappa shape index (κ2) is 7.18. The molecule has 10 heteroatoms. The molecule has 1 saturated heterocycles. The molecule has 0 aromatic rings. The van der Waals surface area contributed by atoms with Crippen molar-refractivity contribution >= 4 is 16.0 Å². The van der Waals surface area contributed by atoms with Gasteiger partial charge in [0.15, 0.2) is 5.96 Å². The van der Waals surface area contributed by atoms with Gasteiger partial charge in [0.1, 0.15) is 0 Å². The Kier molecular flexibility index (Phi) is 5.45. The summed E-state index contributed by atoms with van der Waals surface area (Å²) in [7, 11) is -5.23. The van der Waals surface area contributed by atoms with Crippen molar-refractivity contribution < 1.29 is 21.6 Å². The molecule has 0 radical (unpaired) electrons. The van der Waals surface area contributed by atoms with Crippen LogP contribution in [0.15, 0.2) is 4.99 Å². The lowest BCUT2D eigenvalue weighted by atomic mass is 10.0. The molecular weight excluding hydrogens is 369 g/mol. The Balaban J connectivity index is 1.53. The number of aliphatic imine (C=N–C) groups is 1. The van der Waals surface area contributed by atoms with Crippen LogP contribution < -0.4 is 10.6 Å². The average molecular weight is 396 g/mol. The van der Waals surface area contributed by atoms with Crippen molar-refractivity contribution in [1.29, 1.82) is 0 Å². The molecule has 1 aliphatic heterocycles. The Bertz CT molecular complexity index is 634. The number of alkyl halides is 3. The van der Waals surface area contributed by atoms with Gasteiger partial charge in [0.05, 0.1) is 0 Å². The lowest BCUT2D eigenvalue weighted by Gasteiger charge is -2.32. The first kappa shape index (κ1) is 19.7. The minimum absolute atomic E-state index is 0.0800. The standard InChI is InChI=1S/C16H27F3N4O2S/c1-2-20-14(21-11-15(7-8-15)12-3-4-12)22-13-5-9-23(10-6-13)26(24,25)16(17,18)19/h12-13H,2-11H2,1H3,(H2,20,21,22). The van der Waals surface area contributed by atoms with E-state index in [0.29, 0.717) is 35.1 Å². The molecule has 2 aliphatic carbocycles. The van der Waals surface area contributed by atoms with Crippen LogP contribution in [0.1, 0.15) is 45.4 Å². The predicted molar refractivity (Wildman–Crippen MR) is 93.1 cm³/mol. The number of hydrogen-bond donors (Lipinski definition) is 2. The second-order valence-electron chi connectivity index (χ2n) is 7.60. The van der Waals surface area contributed by atoms with Crippen LogP contribution in [0, 0.1) is 11.3 Å². The molecule has 0 bridgehead atoms. The van der Waals surface area contributed by atoms with Gasteiger partial charge in [0.2, 0.25) is 0 Å². The van der Waals surface area contributed by atoms with Crippen molar-refractivity contribution in [2.24, 2.45) is 16.3 Å². The highest BCUT2D eigenvalue weighted by atomic mass is 32.2. The summed E-state index contributed by atoms with van der Waals surface area (Å²) in [5.74, 6) is 1.49. The predicted octanol–water partition coefficient (Wildman–Crippen LogP) is 2.05. The topological polar surface area (TPSA) is 73.8 Å². The van der Waals surface area contributed by atoms with Gasteiger partial charge in [-0.05, 0) is 56.8 Å². The first-order valence-electron chi connectivity index (χ1n) is 9.29. The van der Waals surface area contributed by atoms with E-state index >= 15 is 0 Å². The molecule has 0 atom stereocenters. The van der Waals surface area contributed by atoms with Gasteiger partial charge in [0.25, 0.3) is 0 Å². The van der Waals surface area contributed by atoms with Crippen LogP contribution in [0.25, 0.3) is 0 Å². The van der Waals surface area contributed by atoms with Crippen LogP contribution in [-0.4, -0.2) is 56.4 Å². The molecule has 3 rings (SSSR count). The molecule has 2 saturated carbocycles. The Hall–Kier alpha value is -1.03. The zero-order chi connectivity index (χ0) is 19.0. The van der Waals surface area contributed by atoms with Crippen LogP contribution in [0.4, 0.5) is 13.2 Å². The molecule has 0 amide bonds. The number of nitrogens with one attached hydrogen (secondary N) is 2. The molecule has 2 N–H and O–H groups in total. The van der Waals surface area contributed by atoms with Crippen LogP contribution in [0.2, 0.25) is 0 Å². The Morgan fingerprint density at radius 3 is 2.27 bits per heavy atom. The summed E-state index contributed by atoms with van der Waals surface area (Å²) >= 11 is 0. The first-order valence-corrected chi connectivity index (χ1v) is 10.7. The molecular formula is C16H27F3N4O2S. The lowest BCUT2D eigenvalue weighted by Crippen LogP contribution is -2.51. The van der Waals surface area contributed by atoms with Gasteiger partial charge in [-0.2, -0.15) is 17.5 Å². The van der Waals surface area contributed by atoms with Crippen LogP contribution in [0.3, 0.4) is 0 Å². The average Bonchev–Trinajstić information content (AvgIpc) is 3.46. The second-order valence-corrected chi connectivity index (χ2v) is 9.53. The van der Waals surface area contributed by atoms with E-state index in [2.05, 4.69) is 10.6 Å². The van der Waals surface area contributed by atoms with Gasteiger partial charge < -0.3 is 10.6 Å². The highest BCUT2D eigenvalue weighted by Gasteiger charge is 2.53. The fourth-order valence-electron chi connectivity index (χ4n) is 3.69. The molecule has 0 unspecified atom stereocenters. The maximum absolute atomic E-state index is 12.6. The molecule has 0 aromatic heterocycles. The number of guanidine groups is 1. The van der Waals surface area contributed by atoms with Gasteiger partial charge in [-0.15, -0.1) is 0 Å². The highest BCUT2D eigenvalue weighted by molar-refractivity contribution is 7.90. The van der Waals surface area contributed by atoms with E-state index in [1.54, 1.807) is 0 Å². The van der Waals surface area contributed by atoms with E-state index in [1.165, 1.54) is 25.7 Å². The zero-order valence-corrected chi connectivity index (χ0v) is 15.8. The molecule has 0 aromatic carbocycles. The Labute approximate surface area is 152 Å². The molecule has 1 heterocycles. The van der Waals surface area contributed by atoms with E-state index < -0.39 is 15.5 Å². The third kappa shape index (κ3) is 4.27. The van der Waals surface area contributed by atoms with Crippen LogP contribution in [-0.2, 0) is 10.0 Å².